The Morgan fingerprint density at radius 1 is 1.19 bits per heavy atom. The van der Waals surface area contributed by atoms with Gasteiger partial charge in [-0.3, -0.25) is 4.90 Å². The van der Waals surface area contributed by atoms with E-state index in [4.69, 9.17) is 37.5 Å². The summed E-state index contributed by atoms with van der Waals surface area (Å²) in [5.74, 6) is 0.866. The summed E-state index contributed by atoms with van der Waals surface area (Å²) in [5, 5.41) is 4.83. The topological polar surface area (TPSA) is 120 Å². The quantitative estimate of drug-likeness (QED) is 0.363. The summed E-state index contributed by atoms with van der Waals surface area (Å²) in [6.45, 7) is 4.90. The number of nitrogens with two attached hydrogens (primary N) is 2. The number of benzene rings is 1. The minimum atomic E-state index is 0.404. The number of ether oxygens (including phenoxy) is 2. The zero-order valence-corrected chi connectivity index (χ0v) is 21.1. The van der Waals surface area contributed by atoms with Crippen LogP contribution in [0.4, 0.5) is 17.1 Å². The van der Waals surface area contributed by atoms with E-state index in [9.17, 15) is 0 Å². The predicted octanol–water partition coefficient (Wildman–Crippen LogP) is 3.05. The van der Waals surface area contributed by atoms with Crippen molar-refractivity contribution in [2.75, 3.05) is 69.9 Å². The maximum Gasteiger partial charge on any atom is 0.164 e. The fraction of sp³-hybridized carbons (Fsp3) is 0.320. The van der Waals surface area contributed by atoms with Crippen molar-refractivity contribution >= 4 is 34.2 Å². The minimum Gasteiger partial charge on any atom is -0.494 e. The maximum atomic E-state index is 6.61. The number of methoxy groups -OCH3 is 1. The summed E-state index contributed by atoms with van der Waals surface area (Å²) in [6.07, 6.45) is 5.20. The molecule has 0 spiro atoms. The van der Waals surface area contributed by atoms with Crippen molar-refractivity contribution in [1.82, 2.24) is 24.5 Å². The van der Waals surface area contributed by atoms with Crippen LogP contribution in [0, 0.1) is 0 Å². The maximum absolute atomic E-state index is 6.61. The molecule has 4 aromatic rings. The Morgan fingerprint density at radius 3 is 2.78 bits per heavy atom. The molecule has 1 aromatic carbocycles. The molecule has 1 saturated heterocycles. The number of rotatable bonds is 7. The van der Waals surface area contributed by atoms with Gasteiger partial charge in [0.15, 0.2) is 5.82 Å². The van der Waals surface area contributed by atoms with Crippen LogP contribution in [0.2, 0.25) is 5.02 Å². The average Bonchev–Trinajstić information content (AvgIpc) is 3.33. The van der Waals surface area contributed by atoms with Gasteiger partial charge in [0.2, 0.25) is 0 Å². The van der Waals surface area contributed by atoms with Crippen LogP contribution in [0.3, 0.4) is 0 Å². The molecule has 0 amide bonds. The van der Waals surface area contributed by atoms with E-state index in [2.05, 4.69) is 19.9 Å². The number of nitrogens with zero attached hydrogens (tertiary/aromatic N) is 6. The highest BCUT2D eigenvalue weighted by atomic mass is 35.5. The van der Waals surface area contributed by atoms with Crippen molar-refractivity contribution in [2.45, 2.75) is 0 Å². The molecule has 1 aliphatic heterocycles. The van der Waals surface area contributed by atoms with Gasteiger partial charge in [-0.05, 0) is 12.1 Å². The molecule has 188 valence electrons. The number of fused-ring (bicyclic) bond motifs is 1. The van der Waals surface area contributed by atoms with Crippen molar-refractivity contribution in [3.63, 3.8) is 0 Å². The van der Waals surface area contributed by atoms with E-state index in [1.54, 1.807) is 30.1 Å². The number of aromatic nitrogens is 4. The summed E-state index contributed by atoms with van der Waals surface area (Å²) in [5.41, 5.74) is 17.7. The van der Waals surface area contributed by atoms with Gasteiger partial charge < -0.3 is 25.8 Å². The summed E-state index contributed by atoms with van der Waals surface area (Å²) in [4.78, 5) is 13.9. The van der Waals surface area contributed by atoms with Gasteiger partial charge in [-0.1, -0.05) is 17.7 Å². The first-order chi connectivity index (χ1) is 17.5. The lowest BCUT2D eigenvalue weighted by Crippen LogP contribution is -2.40. The van der Waals surface area contributed by atoms with Gasteiger partial charge >= 0.3 is 0 Å². The summed E-state index contributed by atoms with van der Waals surface area (Å²) >= 11 is 6.57. The molecule has 0 unspecified atom stereocenters. The summed E-state index contributed by atoms with van der Waals surface area (Å²) < 4.78 is 12.8. The van der Waals surface area contributed by atoms with Crippen LogP contribution in [0.5, 0.6) is 5.75 Å². The van der Waals surface area contributed by atoms with E-state index in [0.29, 0.717) is 39.2 Å². The van der Waals surface area contributed by atoms with Crippen molar-refractivity contribution in [3.05, 3.63) is 47.9 Å². The number of morpholine rings is 1. The lowest BCUT2D eigenvalue weighted by atomic mass is 10.0. The zero-order valence-electron chi connectivity index (χ0n) is 20.3. The highest BCUT2D eigenvalue weighted by Gasteiger charge is 2.24. The van der Waals surface area contributed by atoms with Gasteiger partial charge in [-0.2, -0.15) is 5.10 Å². The minimum absolute atomic E-state index is 0.404. The molecule has 4 heterocycles. The Morgan fingerprint density at radius 2 is 2.00 bits per heavy atom. The second kappa shape index (κ2) is 10.2. The lowest BCUT2D eigenvalue weighted by molar-refractivity contribution is 0.0393. The van der Waals surface area contributed by atoms with E-state index >= 15 is 0 Å². The molecule has 10 nitrogen and oxygen atoms in total. The fourth-order valence-electron chi connectivity index (χ4n) is 4.51. The SMILES string of the molecule is COc1cc(N)c(N(C)CCN2CCOCC2)c(-c2ncc(Cl)c(-c3cnn4ccccc34)n2)c1N. The molecule has 0 saturated carbocycles. The Kier molecular flexibility index (Phi) is 6.82. The molecule has 1 fully saturated rings. The number of hydrogen-bond acceptors (Lipinski definition) is 9. The van der Waals surface area contributed by atoms with Gasteiger partial charge in [0.1, 0.15) is 5.75 Å². The molecule has 0 aliphatic carbocycles. The van der Waals surface area contributed by atoms with E-state index in [1.807, 2.05) is 31.4 Å². The smallest absolute Gasteiger partial charge is 0.164 e. The molecule has 5 rings (SSSR count). The first-order valence-electron chi connectivity index (χ1n) is 11.7. The van der Waals surface area contributed by atoms with Crippen LogP contribution in [0.25, 0.3) is 28.2 Å². The highest BCUT2D eigenvalue weighted by molar-refractivity contribution is 6.33. The number of hydrogen-bond donors (Lipinski definition) is 2. The number of nitrogen functional groups attached to an aromatic ring is 2. The molecule has 11 heteroatoms. The summed E-state index contributed by atoms with van der Waals surface area (Å²) in [6, 6.07) is 7.55. The van der Waals surface area contributed by atoms with Crippen LogP contribution in [0.1, 0.15) is 0 Å². The van der Waals surface area contributed by atoms with Gasteiger partial charge in [0.05, 0.1) is 71.6 Å². The van der Waals surface area contributed by atoms with Crippen molar-refractivity contribution in [3.8, 4) is 28.4 Å². The number of anilines is 3. The molecule has 0 radical (unpaired) electrons. The first kappa shape index (κ1) is 24.1. The van der Waals surface area contributed by atoms with Gasteiger partial charge in [-0.15, -0.1) is 0 Å². The third-order valence-corrected chi connectivity index (χ3v) is 6.71. The van der Waals surface area contributed by atoms with E-state index < -0.39 is 0 Å². The third-order valence-electron chi connectivity index (χ3n) is 6.44. The lowest BCUT2D eigenvalue weighted by Gasteiger charge is -2.31. The molecular weight excluding hydrogens is 480 g/mol. The molecular formula is C25H29ClN8O2. The Hall–Kier alpha value is -3.60. The van der Waals surface area contributed by atoms with E-state index in [0.717, 1.165) is 56.2 Å². The van der Waals surface area contributed by atoms with Crippen molar-refractivity contribution < 1.29 is 9.47 Å². The van der Waals surface area contributed by atoms with Crippen LogP contribution in [-0.2, 0) is 4.74 Å². The zero-order chi connectivity index (χ0) is 25.2. The third kappa shape index (κ3) is 4.50. The van der Waals surface area contributed by atoms with Crippen LogP contribution < -0.4 is 21.1 Å². The molecule has 36 heavy (non-hydrogen) atoms. The highest BCUT2D eigenvalue weighted by Crippen LogP contribution is 2.44. The largest absolute Gasteiger partial charge is 0.494 e. The Bertz CT molecular complexity index is 1390. The van der Waals surface area contributed by atoms with Gasteiger partial charge in [0.25, 0.3) is 0 Å². The molecule has 1 aliphatic rings. The molecule has 0 bridgehead atoms. The standard InChI is InChI=1S/C25H29ClN8O2/c1-32(7-8-33-9-11-36-12-10-33)24-18(27)13-20(35-2)22(28)21(24)25-29-15-17(26)23(31-25)16-14-30-34-6-4-3-5-19(16)34/h3-6,13-15H,7-12,27-28H2,1-2H3. The summed E-state index contributed by atoms with van der Waals surface area (Å²) in [7, 11) is 3.55. The van der Waals surface area contributed by atoms with Crippen LogP contribution in [0.15, 0.2) is 42.9 Å². The van der Waals surface area contributed by atoms with Gasteiger partial charge in [0, 0.05) is 51.1 Å². The van der Waals surface area contributed by atoms with Crippen molar-refractivity contribution in [2.24, 2.45) is 0 Å². The van der Waals surface area contributed by atoms with Crippen molar-refractivity contribution in [1.29, 1.82) is 0 Å². The average molecular weight is 509 g/mol. The van der Waals surface area contributed by atoms with E-state index in [-0.39, 0.29) is 0 Å². The molecule has 4 N–H and O–H groups in total. The normalized spacial score (nSPS) is 14.3. The monoisotopic (exact) mass is 508 g/mol. The molecule has 3 aromatic heterocycles. The Labute approximate surface area is 214 Å². The number of likely N-dealkylation sites (N-methyl/N-ethyl adjacent to an activating group) is 1. The number of pyridine rings is 1. The van der Waals surface area contributed by atoms with Crippen LogP contribution >= 0.6 is 11.6 Å². The van der Waals surface area contributed by atoms with E-state index in [1.165, 1.54) is 0 Å². The first-order valence-corrected chi connectivity index (χ1v) is 12.1. The predicted molar refractivity (Wildman–Crippen MR) is 143 cm³/mol. The molecule has 0 atom stereocenters. The fourth-order valence-corrected chi connectivity index (χ4v) is 4.70. The van der Waals surface area contributed by atoms with Crippen LogP contribution in [-0.4, -0.2) is 78.0 Å². The second-order valence-electron chi connectivity index (χ2n) is 8.66. The number of halogens is 1. The van der Waals surface area contributed by atoms with Gasteiger partial charge in [-0.25, -0.2) is 14.5 Å². The second-order valence-corrected chi connectivity index (χ2v) is 9.07. The Balaban J connectivity index is 1.59.